The van der Waals surface area contributed by atoms with Crippen LogP contribution in [0.4, 0.5) is 0 Å². The molecule has 1 aromatic carbocycles. The zero-order valence-electron chi connectivity index (χ0n) is 17.9. The van der Waals surface area contributed by atoms with Gasteiger partial charge in [-0.1, -0.05) is 13.8 Å². The number of sulfonamides is 1. The molecule has 0 unspecified atom stereocenters. The molecule has 1 aliphatic heterocycles. The number of guanidine groups is 1. The lowest BCUT2D eigenvalue weighted by atomic mass is 9.94. The van der Waals surface area contributed by atoms with E-state index in [-0.39, 0.29) is 35.5 Å². The first kappa shape index (κ1) is 22.5. The molecule has 1 aliphatic rings. The number of aliphatic hydroxyl groups excluding tert-OH is 1. The molecule has 0 fully saturated rings. The lowest BCUT2D eigenvalue weighted by Crippen LogP contribution is -2.42. The minimum atomic E-state index is -3.86. The van der Waals surface area contributed by atoms with E-state index in [0.717, 1.165) is 16.9 Å². The van der Waals surface area contributed by atoms with Gasteiger partial charge in [-0.05, 0) is 57.2 Å². The van der Waals surface area contributed by atoms with Crippen molar-refractivity contribution in [3.8, 4) is 5.75 Å². The van der Waals surface area contributed by atoms with Crippen LogP contribution in [0.15, 0.2) is 9.89 Å². The average Bonchev–Trinajstić information content (AvgIpc) is 2.91. The van der Waals surface area contributed by atoms with Crippen LogP contribution >= 0.6 is 0 Å². The fourth-order valence-electron chi connectivity index (χ4n) is 3.40. The lowest BCUT2D eigenvalue weighted by Gasteiger charge is -2.20. The Balaban J connectivity index is 2.48. The van der Waals surface area contributed by atoms with Gasteiger partial charge in [-0.2, -0.15) is 0 Å². The summed E-state index contributed by atoms with van der Waals surface area (Å²) in [4.78, 5) is 4.60. The third-order valence-corrected chi connectivity index (χ3v) is 6.42. The minimum Gasteiger partial charge on any atom is -0.487 e. The van der Waals surface area contributed by atoms with Crippen LogP contribution in [0.1, 0.15) is 49.9 Å². The van der Waals surface area contributed by atoms with Gasteiger partial charge in [-0.15, -0.1) is 0 Å². The predicted molar refractivity (Wildman–Crippen MR) is 112 cm³/mol. The number of ether oxygens (including phenoxy) is 1. The number of hydrogen-bond acceptors (Lipinski definition) is 5. The first-order valence-corrected chi connectivity index (χ1v) is 11.1. The summed E-state index contributed by atoms with van der Waals surface area (Å²) in [6.45, 7) is 14.1. The fourth-order valence-corrected chi connectivity index (χ4v) is 4.97. The van der Waals surface area contributed by atoms with Crippen LogP contribution in [0.5, 0.6) is 5.75 Å². The molecule has 0 atom stereocenters. The van der Waals surface area contributed by atoms with Gasteiger partial charge in [-0.3, -0.25) is 4.99 Å². The lowest BCUT2D eigenvalue weighted by molar-refractivity contribution is 0.137. The van der Waals surface area contributed by atoms with E-state index < -0.39 is 10.0 Å². The Bertz CT molecular complexity index is 874. The Kier molecular flexibility index (Phi) is 6.66. The smallest absolute Gasteiger partial charge is 0.264 e. The summed E-state index contributed by atoms with van der Waals surface area (Å²) in [7, 11) is -3.86. The Labute approximate surface area is 168 Å². The molecular weight excluding hydrogens is 378 g/mol. The first-order valence-electron chi connectivity index (χ1n) is 9.63. The second-order valence-electron chi connectivity index (χ2n) is 8.39. The number of aliphatic hydroxyl groups is 1. The zero-order chi connectivity index (χ0) is 21.3. The van der Waals surface area contributed by atoms with Gasteiger partial charge >= 0.3 is 0 Å². The highest BCUT2D eigenvalue weighted by atomic mass is 32.2. The van der Waals surface area contributed by atoms with Crippen LogP contribution in [0.3, 0.4) is 0 Å². The molecule has 0 aromatic heterocycles. The molecule has 0 amide bonds. The number of fused-ring (bicyclic) bond motifs is 1. The average molecular weight is 412 g/mol. The van der Waals surface area contributed by atoms with Crippen molar-refractivity contribution in [1.29, 1.82) is 0 Å². The normalized spacial score (nSPS) is 16.1. The molecular formula is C20H33N3O4S. The van der Waals surface area contributed by atoms with Gasteiger partial charge < -0.3 is 15.2 Å². The SMILES string of the molecule is Cc1c(C)c(S(=O)(=O)NC(=NCC(C)C)NCCO)c(C)c2c1OC(C)(C)C2. The quantitative estimate of drug-likeness (QED) is 0.492. The van der Waals surface area contributed by atoms with E-state index in [1.54, 1.807) is 6.92 Å². The number of nitrogens with one attached hydrogen (secondary N) is 2. The first-order chi connectivity index (χ1) is 12.9. The topological polar surface area (TPSA) is 100 Å². The highest BCUT2D eigenvalue weighted by Gasteiger charge is 2.36. The molecule has 7 nitrogen and oxygen atoms in total. The highest BCUT2D eigenvalue weighted by molar-refractivity contribution is 7.90. The van der Waals surface area contributed by atoms with Crippen LogP contribution in [0.25, 0.3) is 0 Å². The molecule has 0 aliphatic carbocycles. The van der Waals surface area contributed by atoms with Crippen molar-refractivity contribution in [2.45, 2.75) is 65.4 Å². The van der Waals surface area contributed by atoms with Crippen molar-refractivity contribution in [3.63, 3.8) is 0 Å². The summed E-state index contributed by atoms with van der Waals surface area (Å²) in [5.41, 5.74) is 2.81. The number of benzene rings is 1. The van der Waals surface area contributed by atoms with Crippen LogP contribution in [-0.4, -0.2) is 44.8 Å². The van der Waals surface area contributed by atoms with Crippen molar-refractivity contribution in [2.24, 2.45) is 10.9 Å². The molecule has 2 rings (SSSR count). The Hall–Kier alpha value is -1.80. The molecule has 0 saturated heterocycles. The molecule has 158 valence electrons. The van der Waals surface area contributed by atoms with E-state index in [0.29, 0.717) is 24.1 Å². The summed E-state index contributed by atoms with van der Waals surface area (Å²) in [5.74, 6) is 1.22. The monoisotopic (exact) mass is 411 g/mol. The van der Waals surface area contributed by atoms with Gasteiger partial charge in [0, 0.05) is 25.1 Å². The molecule has 28 heavy (non-hydrogen) atoms. The third-order valence-electron chi connectivity index (χ3n) is 4.81. The van der Waals surface area contributed by atoms with Crippen LogP contribution in [0.2, 0.25) is 0 Å². The zero-order valence-corrected chi connectivity index (χ0v) is 18.7. The van der Waals surface area contributed by atoms with Gasteiger partial charge in [0.05, 0.1) is 11.5 Å². The Morgan fingerprint density at radius 1 is 1.21 bits per heavy atom. The fraction of sp³-hybridized carbons (Fsp3) is 0.650. The number of nitrogens with zero attached hydrogens (tertiary/aromatic N) is 1. The molecule has 0 saturated carbocycles. The van der Waals surface area contributed by atoms with Gasteiger partial charge in [0.15, 0.2) is 0 Å². The molecule has 3 N–H and O–H groups in total. The summed E-state index contributed by atoms with van der Waals surface area (Å²) in [5, 5.41) is 11.9. The van der Waals surface area contributed by atoms with E-state index >= 15 is 0 Å². The summed E-state index contributed by atoms with van der Waals surface area (Å²) in [6.07, 6.45) is 0.662. The van der Waals surface area contributed by atoms with E-state index in [9.17, 15) is 8.42 Å². The number of rotatable bonds is 6. The van der Waals surface area contributed by atoms with Gasteiger partial charge in [0.1, 0.15) is 11.4 Å². The molecule has 0 spiro atoms. The summed E-state index contributed by atoms with van der Waals surface area (Å²) >= 11 is 0. The molecule has 8 heteroatoms. The standard InChI is InChI=1S/C20H33N3O4S/c1-12(2)11-22-19(21-8-9-24)23-28(25,26)18-14(4)13(3)17-16(15(18)5)10-20(6,7)27-17/h12,24H,8-11H2,1-7H3,(H2,21,22,23). The molecule has 1 aromatic rings. The number of hydrogen-bond donors (Lipinski definition) is 3. The summed E-state index contributed by atoms with van der Waals surface area (Å²) < 4.78 is 35.2. The predicted octanol–water partition coefficient (Wildman–Crippen LogP) is 2.20. The maximum absolute atomic E-state index is 13.3. The maximum atomic E-state index is 13.3. The van der Waals surface area contributed by atoms with E-state index in [1.165, 1.54) is 0 Å². The number of aliphatic imine (C=N–C) groups is 1. The Morgan fingerprint density at radius 3 is 2.43 bits per heavy atom. The largest absolute Gasteiger partial charge is 0.487 e. The van der Waals surface area contributed by atoms with Crippen molar-refractivity contribution < 1.29 is 18.3 Å². The van der Waals surface area contributed by atoms with Gasteiger partial charge in [0.2, 0.25) is 5.96 Å². The third kappa shape index (κ3) is 4.78. The van der Waals surface area contributed by atoms with E-state index in [4.69, 9.17) is 9.84 Å². The molecule has 1 heterocycles. The second kappa shape index (κ2) is 8.29. The maximum Gasteiger partial charge on any atom is 0.264 e. The minimum absolute atomic E-state index is 0.120. The van der Waals surface area contributed by atoms with Crippen molar-refractivity contribution in [1.82, 2.24) is 10.0 Å². The van der Waals surface area contributed by atoms with Crippen LogP contribution in [-0.2, 0) is 16.4 Å². The van der Waals surface area contributed by atoms with Gasteiger partial charge in [0.25, 0.3) is 10.0 Å². The second-order valence-corrected chi connectivity index (χ2v) is 10.0. The van der Waals surface area contributed by atoms with Crippen molar-refractivity contribution >= 4 is 16.0 Å². The van der Waals surface area contributed by atoms with Crippen LogP contribution in [0, 0.1) is 26.7 Å². The van der Waals surface area contributed by atoms with Crippen molar-refractivity contribution in [2.75, 3.05) is 19.7 Å². The summed E-state index contributed by atoms with van der Waals surface area (Å²) in [6, 6.07) is 0. The Morgan fingerprint density at radius 2 is 1.86 bits per heavy atom. The highest BCUT2D eigenvalue weighted by Crippen LogP contribution is 2.43. The van der Waals surface area contributed by atoms with E-state index in [1.807, 2.05) is 41.5 Å². The van der Waals surface area contributed by atoms with E-state index in [2.05, 4.69) is 15.0 Å². The molecule has 0 radical (unpaired) electrons. The van der Waals surface area contributed by atoms with Gasteiger partial charge in [-0.25, -0.2) is 13.1 Å². The van der Waals surface area contributed by atoms with Crippen molar-refractivity contribution in [3.05, 3.63) is 22.3 Å². The molecule has 0 bridgehead atoms. The van der Waals surface area contributed by atoms with Crippen LogP contribution < -0.4 is 14.8 Å².